The van der Waals surface area contributed by atoms with Gasteiger partial charge in [0.15, 0.2) is 0 Å². The Morgan fingerprint density at radius 3 is 2.92 bits per heavy atom. The average Bonchev–Trinajstić information content (AvgIpc) is 2.04. The van der Waals surface area contributed by atoms with Gasteiger partial charge in [-0.05, 0) is 19.9 Å². The van der Waals surface area contributed by atoms with Gasteiger partial charge in [0.1, 0.15) is 16.1 Å². The lowest BCUT2D eigenvalue weighted by Gasteiger charge is -2.04. The van der Waals surface area contributed by atoms with Crippen molar-refractivity contribution in [2.24, 2.45) is 0 Å². The average molecular weight is 198 g/mol. The van der Waals surface area contributed by atoms with E-state index in [-0.39, 0.29) is 0 Å². The van der Waals surface area contributed by atoms with Crippen LogP contribution >= 0.6 is 11.8 Å². The molecule has 13 heavy (non-hydrogen) atoms. The highest BCUT2D eigenvalue weighted by Gasteiger charge is 2.12. The SMILES string of the molecule is Cc1nccc(SC(C)C(=O)O)n1. The molecule has 1 atom stereocenters. The lowest BCUT2D eigenvalue weighted by atomic mass is 10.5. The second-order valence-electron chi connectivity index (χ2n) is 2.54. The molecule has 5 heteroatoms. The maximum Gasteiger partial charge on any atom is 0.316 e. The van der Waals surface area contributed by atoms with Crippen molar-refractivity contribution in [3.05, 3.63) is 18.1 Å². The van der Waals surface area contributed by atoms with E-state index in [0.717, 1.165) is 0 Å². The van der Waals surface area contributed by atoms with E-state index in [1.807, 2.05) is 0 Å². The van der Waals surface area contributed by atoms with Gasteiger partial charge in [0.05, 0.1) is 0 Å². The van der Waals surface area contributed by atoms with Crippen LogP contribution in [0.15, 0.2) is 17.3 Å². The third-order valence-electron chi connectivity index (χ3n) is 1.40. The number of nitrogens with zero attached hydrogens (tertiary/aromatic N) is 2. The normalized spacial score (nSPS) is 12.5. The molecule has 0 aliphatic heterocycles. The third-order valence-corrected chi connectivity index (χ3v) is 2.42. The number of carboxylic acid groups (broad SMARTS) is 1. The highest BCUT2D eigenvalue weighted by molar-refractivity contribution is 8.00. The second kappa shape index (κ2) is 4.23. The van der Waals surface area contributed by atoms with Gasteiger partial charge in [-0.2, -0.15) is 0 Å². The van der Waals surface area contributed by atoms with E-state index in [9.17, 15) is 4.79 Å². The number of aryl methyl sites for hydroxylation is 1. The first-order valence-electron chi connectivity index (χ1n) is 3.78. The fourth-order valence-electron chi connectivity index (χ4n) is 0.732. The maximum atomic E-state index is 10.5. The molecule has 0 saturated heterocycles. The number of carbonyl (C=O) groups is 1. The summed E-state index contributed by atoms with van der Waals surface area (Å²) in [6.07, 6.45) is 1.62. The van der Waals surface area contributed by atoms with Crippen molar-refractivity contribution in [2.45, 2.75) is 24.1 Å². The van der Waals surface area contributed by atoms with Crippen LogP contribution in [0, 0.1) is 6.92 Å². The minimum absolute atomic E-state index is 0.478. The quantitative estimate of drug-likeness (QED) is 0.586. The topological polar surface area (TPSA) is 63.1 Å². The molecule has 0 radical (unpaired) electrons. The van der Waals surface area contributed by atoms with Crippen LogP contribution in [0.1, 0.15) is 12.7 Å². The highest BCUT2D eigenvalue weighted by atomic mass is 32.2. The van der Waals surface area contributed by atoms with Crippen molar-refractivity contribution < 1.29 is 9.90 Å². The predicted octanol–water partition coefficient (Wildman–Crippen LogP) is 1.35. The predicted molar refractivity (Wildman–Crippen MR) is 49.7 cm³/mol. The first kappa shape index (κ1) is 9.98. The van der Waals surface area contributed by atoms with Crippen molar-refractivity contribution >= 4 is 17.7 Å². The van der Waals surface area contributed by atoms with Crippen molar-refractivity contribution in [1.82, 2.24) is 9.97 Å². The second-order valence-corrected chi connectivity index (χ2v) is 3.90. The molecule has 1 heterocycles. The van der Waals surface area contributed by atoms with Crippen LogP contribution in [-0.4, -0.2) is 26.3 Å². The molecule has 1 unspecified atom stereocenters. The number of carboxylic acids is 1. The Balaban J connectivity index is 2.69. The van der Waals surface area contributed by atoms with Crippen LogP contribution < -0.4 is 0 Å². The Hall–Kier alpha value is -1.10. The number of rotatable bonds is 3. The largest absolute Gasteiger partial charge is 0.480 e. The maximum absolute atomic E-state index is 10.5. The van der Waals surface area contributed by atoms with Crippen molar-refractivity contribution in [3.63, 3.8) is 0 Å². The number of aliphatic carboxylic acids is 1. The van der Waals surface area contributed by atoms with E-state index in [1.54, 1.807) is 26.1 Å². The molecule has 0 saturated carbocycles. The smallest absolute Gasteiger partial charge is 0.316 e. The standard InChI is InChI=1S/C8H10N2O2S/c1-5(8(11)12)13-7-3-4-9-6(2)10-7/h3-5H,1-2H3,(H,11,12). The Morgan fingerprint density at radius 1 is 1.69 bits per heavy atom. The van der Waals surface area contributed by atoms with Gasteiger partial charge in [0, 0.05) is 6.20 Å². The fourth-order valence-corrected chi connectivity index (χ4v) is 1.52. The molecule has 0 amide bonds. The van der Waals surface area contributed by atoms with Crippen molar-refractivity contribution in [2.75, 3.05) is 0 Å². The van der Waals surface area contributed by atoms with Crippen LogP contribution in [0.2, 0.25) is 0 Å². The summed E-state index contributed by atoms with van der Waals surface area (Å²) in [5.41, 5.74) is 0. The summed E-state index contributed by atoms with van der Waals surface area (Å²) in [5, 5.41) is 8.87. The number of hydrogen-bond acceptors (Lipinski definition) is 4. The van der Waals surface area contributed by atoms with Gasteiger partial charge >= 0.3 is 5.97 Å². The van der Waals surface area contributed by atoms with Crippen molar-refractivity contribution in [1.29, 1.82) is 0 Å². The summed E-state index contributed by atoms with van der Waals surface area (Å²) in [7, 11) is 0. The minimum atomic E-state index is -0.832. The summed E-state index contributed by atoms with van der Waals surface area (Å²) in [6.45, 7) is 3.40. The number of thioether (sulfide) groups is 1. The van der Waals surface area contributed by atoms with E-state index in [4.69, 9.17) is 5.11 Å². The molecule has 0 aromatic carbocycles. The fraction of sp³-hybridized carbons (Fsp3) is 0.375. The Morgan fingerprint density at radius 2 is 2.38 bits per heavy atom. The molecule has 0 fully saturated rings. The lowest BCUT2D eigenvalue weighted by molar-refractivity contribution is -0.136. The zero-order valence-electron chi connectivity index (χ0n) is 7.39. The van der Waals surface area contributed by atoms with Crippen LogP contribution in [0.4, 0.5) is 0 Å². The number of aromatic nitrogens is 2. The summed E-state index contributed by atoms with van der Waals surface area (Å²) < 4.78 is 0. The highest BCUT2D eigenvalue weighted by Crippen LogP contribution is 2.20. The molecular formula is C8H10N2O2S. The van der Waals surface area contributed by atoms with Crippen LogP contribution in [0.5, 0.6) is 0 Å². The van der Waals surface area contributed by atoms with E-state index in [1.165, 1.54) is 11.8 Å². The van der Waals surface area contributed by atoms with Crippen LogP contribution in [0.3, 0.4) is 0 Å². The zero-order valence-corrected chi connectivity index (χ0v) is 8.21. The molecule has 70 valence electrons. The van der Waals surface area contributed by atoms with Gasteiger partial charge < -0.3 is 5.11 Å². The first-order chi connectivity index (χ1) is 6.09. The molecule has 1 N–H and O–H groups in total. The van der Waals surface area contributed by atoms with Gasteiger partial charge in [0.25, 0.3) is 0 Å². The summed E-state index contributed by atoms with van der Waals surface area (Å²) in [6, 6.07) is 1.71. The van der Waals surface area contributed by atoms with Crippen molar-refractivity contribution in [3.8, 4) is 0 Å². The zero-order chi connectivity index (χ0) is 9.84. The monoisotopic (exact) mass is 198 g/mol. The summed E-state index contributed by atoms with van der Waals surface area (Å²) in [5.74, 6) is -0.177. The summed E-state index contributed by atoms with van der Waals surface area (Å²) in [4.78, 5) is 18.5. The minimum Gasteiger partial charge on any atom is -0.480 e. The molecule has 1 aromatic heterocycles. The van der Waals surface area contributed by atoms with E-state index >= 15 is 0 Å². The molecule has 1 aromatic rings. The van der Waals surface area contributed by atoms with E-state index < -0.39 is 11.2 Å². The lowest BCUT2D eigenvalue weighted by Crippen LogP contribution is -2.11. The summed E-state index contributed by atoms with van der Waals surface area (Å²) >= 11 is 1.22. The van der Waals surface area contributed by atoms with Gasteiger partial charge in [-0.3, -0.25) is 4.79 Å². The number of hydrogen-bond donors (Lipinski definition) is 1. The van der Waals surface area contributed by atoms with Crippen LogP contribution in [-0.2, 0) is 4.79 Å². The Labute approximate surface area is 80.4 Å². The molecular weight excluding hydrogens is 188 g/mol. The molecule has 0 bridgehead atoms. The first-order valence-corrected chi connectivity index (χ1v) is 4.66. The molecule has 0 aliphatic rings. The van der Waals surface area contributed by atoms with E-state index in [0.29, 0.717) is 10.9 Å². The Kier molecular flexibility index (Phi) is 3.25. The molecule has 0 spiro atoms. The molecule has 0 aliphatic carbocycles. The molecule has 4 nitrogen and oxygen atoms in total. The Bertz CT molecular complexity index is 317. The van der Waals surface area contributed by atoms with Gasteiger partial charge in [-0.15, -0.1) is 0 Å². The van der Waals surface area contributed by atoms with Gasteiger partial charge in [0.2, 0.25) is 0 Å². The molecule has 1 rings (SSSR count). The van der Waals surface area contributed by atoms with Gasteiger partial charge in [-0.1, -0.05) is 11.8 Å². The third kappa shape index (κ3) is 3.02. The van der Waals surface area contributed by atoms with Crippen LogP contribution in [0.25, 0.3) is 0 Å². The van der Waals surface area contributed by atoms with E-state index in [2.05, 4.69) is 9.97 Å². The van der Waals surface area contributed by atoms with Gasteiger partial charge in [-0.25, -0.2) is 9.97 Å².